The van der Waals surface area contributed by atoms with Crippen molar-refractivity contribution in [3.63, 3.8) is 0 Å². The molecule has 2 bridgehead atoms. The number of rotatable bonds is 1. The van der Waals surface area contributed by atoms with Crippen molar-refractivity contribution in [1.82, 2.24) is 5.32 Å². The molecule has 88 valence electrons. The first-order valence-electron chi connectivity index (χ1n) is 5.44. The Morgan fingerprint density at radius 2 is 1.75 bits per heavy atom. The molecular formula is C12H14Cl3N. The fourth-order valence-corrected chi connectivity index (χ4v) is 3.52. The molecule has 0 saturated carbocycles. The van der Waals surface area contributed by atoms with Crippen molar-refractivity contribution in [3.8, 4) is 0 Å². The van der Waals surface area contributed by atoms with Gasteiger partial charge < -0.3 is 5.32 Å². The maximum Gasteiger partial charge on any atom is 0.0423 e. The Hall–Kier alpha value is 0.0500. The molecule has 1 nitrogen and oxygen atoms in total. The number of hydrogen-bond acceptors (Lipinski definition) is 1. The van der Waals surface area contributed by atoms with Crippen molar-refractivity contribution >= 4 is 35.6 Å². The fraction of sp³-hybridized carbons (Fsp3) is 0.500. The molecule has 2 aliphatic rings. The Morgan fingerprint density at radius 1 is 1.06 bits per heavy atom. The highest BCUT2D eigenvalue weighted by Crippen LogP contribution is 2.41. The highest BCUT2D eigenvalue weighted by Gasteiger charge is 2.39. The first kappa shape index (κ1) is 12.5. The molecule has 3 atom stereocenters. The van der Waals surface area contributed by atoms with E-state index in [0.29, 0.717) is 12.0 Å². The standard InChI is InChI=1S/C12H13Cl2N.ClH/c13-8-3-7(4-9(14)5-8)11-6-10-1-2-12(11)15-10;/h3-5,10-12,15H,1-2,6H2;1H. The van der Waals surface area contributed by atoms with Gasteiger partial charge in [0.1, 0.15) is 0 Å². The van der Waals surface area contributed by atoms with Gasteiger partial charge in [-0.1, -0.05) is 23.2 Å². The van der Waals surface area contributed by atoms with Gasteiger partial charge in [-0.15, -0.1) is 12.4 Å². The van der Waals surface area contributed by atoms with E-state index < -0.39 is 0 Å². The van der Waals surface area contributed by atoms with E-state index in [2.05, 4.69) is 17.4 Å². The van der Waals surface area contributed by atoms with E-state index in [9.17, 15) is 0 Å². The molecular weight excluding hydrogens is 264 g/mol. The molecule has 3 unspecified atom stereocenters. The molecule has 3 rings (SSSR count). The van der Waals surface area contributed by atoms with Gasteiger partial charge in [0, 0.05) is 28.0 Å². The van der Waals surface area contributed by atoms with Gasteiger partial charge in [-0.3, -0.25) is 0 Å². The van der Waals surface area contributed by atoms with E-state index in [1.165, 1.54) is 24.8 Å². The second-order valence-corrected chi connectivity index (χ2v) is 5.47. The van der Waals surface area contributed by atoms with Crippen molar-refractivity contribution in [2.45, 2.75) is 37.3 Å². The quantitative estimate of drug-likeness (QED) is 0.818. The first-order valence-corrected chi connectivity index (χ1v) is 6.20. The average Bonchev–Trinajstić information content (AvgIpc) is 2.76. The van der Waals surface area contributed by atoms with Crippen LogP contribution < -0.4 is 5.32 Å². The fourth-order valence-electron chi connectivity index (χ4n) is 2.98. The van der Waals surface area contributed by atoms with E-state index in [0.717, 1.165) is 16.1 Å². The molecule has 16 heavy (non-hydrogen) atoms. The van der Waals surface area contributed by atoms with E-state index in [4.69, 9.17) is 23.2 Å². The number of nitrogens with one attached hydrogen (secondary N) is 1. The van der Waals surface area contributed by atoms with Gasteiger partial charge >= 0.3 is 0 Å². The molecule has 2 fully saturated rings. The van der Waals surface area contributed by atoms with Crippen molar-refractivity contribution in [2.24, 2.45) is 0 Å². The molecule has 2 saturated heterocycles. The van der Waals surface area contributed by atoms with Gasteiger partial charge in [0.2, 0.25) is 0 Å². The maximum atomic E-state index is 6.03. The van der Waals surface area contributed by atoms with Crippen LogP contribution in [0.4, 0.5) is 0 Å². The number of hydrogen-bond donors (Lipinski definition) is 1. The zero-order chi connectivity index (χ0) is 10.4. The predicted octanol–water partition coefficient (Wildman–Crippen LogP) is 4.02. The topological polar surface area (TPSA) is 12.0 Å². The largest absolute Gasteiger partial charge is 0.311 e. The van der Waals surface area contributed by atoms with Crippen LogP contribution in [0.2, 0.25) is 10.0 Å². The van der Waals surface area contributed by atoms with Crippen molar-refractivity contribution in [3.05, 3.63) is 33.8 Å². The summed E-state index contributed by atoms with van der Waals surface area (Å²) in [7, 11) is 0. The number of benzene rings is 1. The van der Waals surface area contributed by atoms with Crippen LogP contribution in [0.15, 0.2) is 18.2 Å². The summed E-state index contributed by atoms with van der Waals surface area (Å²) in [6, 6.07) is 7.27. The van der Waals surface area contributed by atoms with Gasteiger partial charge in [0.05, 0.1) is 0 Å². The summed E-state index contributed by atoms with van der Waals surface area (Å²) in [5, 5.41) is 5.13. The Morgan fingerprint density at radius 3 is 2.25 bits per heavy atom. The summed E-state index contributed by atoms with van der Waals surface area (Å²) in [5.74, 6) is 0.611. The van der Waals surface area contributed by atoms with Crippen LogP contribution in [0.5, 0.6) is 0 Å². The van der Waals surface area contributed by atoms with Crippen LogP contribution in [0.25, 0.3) is 0 Å². The van der Waals surface area contributed by atoms with Crippen LogP contribution in [0.1, 0.15) is 30.7 Å². The van der Waals surface area contributed by atoms with E-state index in [1.807, 2.05) is 0 Å². The molecule has 2 aliphatic heterocycles. The molecule has 1 N–H and O–H groups in total. The normalized spacial score (nSPS) is 31.5. The summed E-state index contributed by atoms with van der Waals surface area (Å²) in [4.78, 5) is 0. The zero-order valence-corrected chi connectivity index (χ0v) is 11.1. The van der Waals surface area contributed by atoms with E-state index in [1.54, 1.807) is 6.07 Å². The molecule has 0 amide bonds. The minimum absolute atomic E-state index is 0. The lowest BCUT2D eigenvalue weighted by Crippen LogP contribution is -2.21. The van der Waals surface area contributed by atoms with Crippen LogP contribution in [-0.4, -0.2) is 12.1 Å². The zero-order valence-electron chi connectivity index (χ0n) is 8.75. The van der Waals surface area contributed by atoms with Crippen LogP contribution in [0.3, 0.4) is 0 Å². The van der Waals surface area contributed by atoms with Crippen LogP contribution >= 0.6 is 35.6 Å². The third-order valence-corrected chi connectivity index (χ3v) is 4.05. The summed E-state index contributed by atoms with van der Waals surface area (Å²) >= 11 is 12.1. The van der Waals surface area contributed by atoms with E-state index in [-0.39, 0.29) is 12.4 Å². The van der Waals surface area contributed by atoms with Gasteiger partial charge in [-0.25, -0.2) is 0 Å². The van der Waals surface area contributed by atoms with Crippen LogP contribution in [0, 0.1) is 0 Å². The molecule has 2 heterocycles. The molecule has 0 radical (unpaired) electrons. The van der Waals surface area contributed by atoms with Gasteiger partial charge in [-0.2, -0.15) is 0 Å². The summed E-state index contributed by atoms with van der Waals surface area (Å²) in [6.07, 6.45) is 3.86. The molecule has 1 aromatic carbocycles. The Kier molecular flexibility index (Phi) is 3.70. The van der Waals surface area contributed by atoms with E-state index >= 15 is 0 Å². The molecule has 4 heteroatoms. The Labute approximate surface area is 112 Å². The lowest BCUT2D eigenvalue weighted by Gasteiger charge is -2.20. The van der Waals surface area contributed by atoms with Crippen LogP contribution in [-0.2, 0) is 0 Å². The summed E-state index contributed by atoms with van der Waals surface area (Å²) < 4.78 is 0. The Bertz CT molecular complexity index is 374. The molecule has 0 aromatic heterocycles. The second kappa shape index (κ2) is 4.73. The van der Waals surface area contributed by atoms with Gasteiger partial charge in [0.25, 0.3) is 0 Å². The monoisotopic (exact) mass is 277 g/mol. The molecule has 1 aromatic rings. The Balaban J connectivity index is 0.000000963. The maximum absolute atomic E-state index is 6.03. The average molecular weight is 279 g/mol. The molecule has 0 aliphatic carbocycles. The third-order valence-electron chi connectivity index (χ3n) is 3.61. The SMILES string of the molecule is Cl.Clc1cc(Cl)cc(C2CC3CCC2N3)c1. The second-order valence-electron chi connectivity index (χ2n) is 4.59. The first-order chi connectivity index (χ1) is 7.22. The molecule has 0 spiro atoms. The minimum atomic E-state index is 0. The lowest BCUT2D eigenvalue weighted by atomic mass is 9.84. The van der Waals surface area contributed by atoms with Crippen molar-refractivity contribution in [1.29, 1.82) is 0 Å². The summed E-state index contributed by atoms with van der Waals surface area (Å²) in [5.41, 5.74) is 1.30. The highest BCUT2D eigenvalue weighted by molar-refractivity contribution is 6.34. The lowest BCUT2D eigenvalue weighted by molar-refractivity contribution is 0.506. The minimum Gasteiger partial charge on any atom is -0.311 e. The van der Waals surface area contributed by atoms with Crippen molar-refractivity contribution in [2.75, 3.05) is 0 Å². The number of halogens is 3. The number of fused-ring (bicyclic) bond motifs is 2. The summed E-state index contributed by atoms with van der Waals surface area (Å²) in [6.45, 7) is 0. The highest BCUT2D eigenvalue weighted by atomic mass is 35.5. The third kappa shape index (κ3) is 2.19. The van der Waals surface area contributed by atoms with Crippen molar-refractivity contribution < 1.29 is 0 Å². The predicted molar refractivity (Wildman–Crippen MR) is 71.0 cm³/mol. The van der Waals surface area contributed by atoms with Gasteiger partial charge in [0.15, 0.2) is 0 Å². The van der Waals surface area contributed by atoms with Gasteiger partial charge in [-0.05, 0) is 43.0 Å². The smallest absolute Gasteiger partial charge is 0.0423 e.